The topological polar surface area (TPSA) is 31.6 Å². The average Bonchev–Trinajstić information content (AvgIpc) is 3.56. The summed E-state index contributed by atoms with van der Waals surface area (Å²) in [5, 5.41) is 2.36. The number of hydrogen-bond donors (Lipinski definition) is 2. The van der Waals surface area contributed by atoms with Crippen molar-refractivity contribution < 1.29 is 0 Å². The minimum absolute atomic E-state index is 0.0295. The van der Waals surface area contributed by atoms with Crippen molar-refractivity contribution in [1.29, 1.82) is 0 Å². The molecule has 2 N–H and O–H groups in total. The van der Waals surface area contributed by atoms with Crippen molar-refractivity contribution in [3.63, 3.8) is 0 Å². The first-order valence-electron chi connectivity index (χ1n) is 13.8. The molecule has 2 aromatic heterocycles. The first-order chi connectivity index (χ1) is 18.9. The normalized spacial score (nSPS) is 14.5. The lowest BCUT2D eigenvalue weighted by Crippen LogP contribution is -2.39. The fourth-order valence-electron chi connectivity index (χ4n) is 6.71. The van der Waals surface area contributed by atoms with E-state index >= 15 is 0 Å². The number of aromatic amines is 2. The van der Waals surface area contributed by atoms with Crippen LogP contribution in [0.5, 0.6) is 0 Å². The molecule has 0 saturated heterocycles. The summed E-state index contributed by atoms with van der Waals surface area (Å²) in [5.74, 6) is 0. The summed E-state index contributed by atoms with van der Waals surface area (Å²) in [6.07, 6.45) is 14.0. The van der Waals surface area contributed by atoms with Gasteiger partial charge in [-0.2, -0.15) is 0 Å². The number of fused-ring (bicyclic) bond motifs is 5. The van der Waals surface area contributed by atoms with Crippen LogP contribution in [0.1, 0.15) is 60.8 Å². The number of aryl methyl sites for hydroxylation is 1. The van der Waals surface area contributed by atoms with E-state index in [4.69, 9.17) is 0 Å². The van der Waals surface area contributed by atoms with Gasteiger partial charge >= 0.3 is 0 Å². The molecular formula is C37H36N2. The van der Waals surface area contributed by atoms with Crippen molar-refractivity contribution in [2.24, 2.45) is 5.41 Å². The Morgan fingerprint density at radius 3 is 1.97 bits per heavy atom. The second-order valence-electron chi connectivity index (χ2n) is 11.3. The second-order valence-corrected chi connectivity index (χ2v) is 11.3. The van der Waals surface area contributed by atoms with E-state index in [0.29, 0.717) is 0 Å². The maximum absolute atomic E-state index is 4.01. The molecule has 0 amide bonds. The van der Waals surface area contributed by atoms with E-state index in [2.05, 4.69) is 136 Å². The molecule has 0 atom stereocenters. The summed E-state index contributed by atoms with van der Waals surface area (Å²) in [4.78, 5) is 7.10. The van der Waals surface area contributed by atoms with E-state index in [9.17, 15) is 0 Å². The van der Waals surface area contributed by atoms with Crippen LogP contribution in [-0.4, -0.2) is 9.97 Å². The fraction of sp³-hybridized carbons (Fsp3) is 0.189. The van der Waals surface area contributed by atoms with E-state index in [1.807, 2.05) is 12.2 Å². The van der Waals surface area contributed by atoms with E-state index < -0.39 is 0 Å². The maximum Gasteiger partial charge on any atom is 0.0472 e. The van der Waals surface area contributed by atoms with E-state index in [1.54, 1.807) is 0 Å². The predicted molar refractivity (Wildman–Crippen MR) is 170 cm³/mol. The summed E-state index contributed by atoms with van der Waals surface area (Å²) < 4.78 is 0. The number of H-pyrrole nitrogens is 2. The van der Waals surface area contributed by atoms with Crippen LogP contribution < -0.4 is 0 Å². The zero-order chi connectivity index (χ0) is 27.4. The molecule has 5 aromatic rings. The lowest BCUT2D eigenvalue weighted by Gasteiger charge is -2.44. The van der Waals surface area contributed by atoms with Gasteiger partial charge in [0.25, 0.3) is 0 Å². The highest BCUT2D eigenvalue weighted by Crippen LogP contribution is 2.59. The third-order valence-electron chi connectivity index (χ3n) is 9.10. The summed E-state index contributed by atoms with van der Waals surface area (Å²) in [7, 11) is 0. The van der Waals surface area contributed by atoms with Gasteiger partial charge in [-0.1, -0.05) is 113 Å². The third-order valence-corrected chi connectivity index (χ3v) is 9.10. The van der Waals surface area contributed by atoms with E-state index in [-0.39, 0.29) is 10.8 Å². The van der Waals surface area contributed by atoms with Gasteiger partial charge in [0.15, 0.2) is 0 Å². The molecule has 0 spiro atoms. The molecule has 2 heteroatoms. The van der Waals surface area contributed by atoms with Crippen LogP contribution in [0.2, 0.25) is 0 Å². The quantitative estimate of drug-likeness (QED) is 0.205. The number of hydrogen-bond acceptors (Lipinski definition) is 0. The maximum atomic E-state index is 4.01. The van der Waals surface area contributed by atoms with E-state index in [1.165, 1.54) is 33.2 Å². The van der Waals surface area contributed by atoms with Crippen LogP contribution in [0.25, 0.3) is 51.2 Å². The number of aromatic nitrogens is 2. The third kappa shape index (κ3) is 3.55. The summed E-state index contributed by atoms with van der Waals surface area (Å²) in [6, 6.07) is 22.3. The molecule has 1 aliphatic rings. The highest BCUT2D eigenvalue weighted by molar-refractivity contribution is 6.04. The highest BCUT2D eigenvalue weighted by Gasteiger charge is 2.50. The Labute approximate surface area is 231 Å². The van der Waals surface area contributed by atoms with Crippen molar-refractivity contribution in [2.75, 3.05) is 0 Å². The lowest BCUT2D eigenvalue weighted by molar-refractivity contribution is 0.243. The van der Waals surface area contributed by atoms with Crippen molar-refractivity contribution >= 4 is 40.0 Å². The van der Waals surface area contributed by atoms with Crippen molar-refractivity contribution in [2.45, 2.75) is 39.5 Å². The van der Waals surface area contributed by atoms with Crippen LogP contribution >= 0.6 is 0 Å². The molecule has 0 aliphatic heterocycles. The monoisotopic (exact) mass is 508 g/mol. The molecule has 0 bridgehead atoms. The van der Waals surface area contributed by atoms with Gasteiger partial charge in [0, 0.05) is 49.7 Å². The standard InChI is InChI=1S/C37H36N2/c1-7-25-29-22-34-30(23-35(29)39-33(25)8-2)26(24(4)38-34)16-14-15-21-37(36(5,6)9-3)31-19-12-10-17-27(31)28-18-11-13-20-32(28)37/h7-8,10-23,38-39H,1-2,9H2,3-6H3/b16-14-,21-15+. The molecule has 1 aliphatic carbocycles. The Morgan fingerprint density at radius 1 is 0.795 bits per heavy atom. The zero-order valence-corrected chi connectivity index (χ0v) is 23.4. The number of allylic oxidation sites excluding steroid dienone is 3. The molecule has 2 nitrogen and oxygen atoms in total. The summed E-state index contributed by atoms with van der Waals surface area (Å²) >= 11 is 0. The molecule has 6 rings (SSSR count). The van der Waals surface area contributed by atoms with Gasteiger partial charge in [-0.05, 0) is 59.2 Å². The van der Waals surface area contributed by atoms with Crippen LogP contribution in [0.15, 0.2) is 92.0 Å². The van der Waals surface area contributed by atoms with Crippen molar-refractivity contribution in [3.05, 3.63) is 126 Å². The minimum Gasteiger partial charge on any atom is -0.358 e. The largest absolute Gasteiger partial charge is 0.358 e. The molecular weight excluding hydrogens is 472 g/mol. The average molecular weight is 509 g/mol. The van der Waals surface area contributed by atoms with Crippen molar-refractivity contribution in [1.82, 2.24) is 9.97 Å². The van der Waals surface area contributed by atoms with Crippen LogP contribution in [0.4, 0.5) is 0 Å². The molecule has 194 valence electrons. The lowest BCUT2D eigenvalue weighted by atomic mass is 9.59. The van der Waals surface area contributed by atoms with Gasteiger partial charge < -0.3 is 9.97 Å². The Kier molecular flexibility index (Phi) is 5.88. The second kappa shape index (κ2) is 9.17. The van der Waals surface area contributed by atoms with Gasteiger partial charge in [-0.25, -0.2) is 0 Å². The Balaban J connectivity index is 1.46. The Morgan fingerprint density at radius 2 is 1.38 bits per heavy atom. The van der Waals surface area contributed by atoms with Gasteiger partial charge in [0.05, 0.1) is 0 Å². The van der Waals surface area contributed by atoms with Crippen molar-refractivity contribution in [3.8, 4) is 11.1 Å². The van der Waals surface area contributed by atoms with E-state index in [0.717, 1.165) is 39.8 Å². The highest BCUT2D eigenvalue weighted by atomic mass is 14.7. The van der Waals surface area contributed by atoms with Crippen LogP contribution in [0, 0.1) is 12.3 Å². The number of nitrogens with one attached hydrogen (secondary N) is 2. The van der Waals surface area contributed by atoms with Gasteiger partial charge in [-0.15, -0.1) is 0 Å². The molecule has 2 heterocycles. The molecule has 3 aromatic carbocycles. The smallest absolute Gasteiger partial charge is 0.0472 e. The molecule has 39 heavy (non-hydrogen) atoms. The molecule has 0 fully saturated rings. The first-order valence-corrected chi connectivity index (χ1v) is 13.8. The van der Waals surface area contributed by atoms with Crippen LogP contribution in [0.3, 0.4) is 0 Å². The van der Waals surface area contributed by atoms with Gasteiger partial charge in [-0.3, -0.25) is 0 Å². The predicted octanol–water partition coefficient (Wildman–Crippen LogP) is 10.2. The molecule has 0 saturated carbocycles. The van der Waals surface area contributed by atoms with Gasteiger partial charge in [0.2, 0.25) is 0 Å². The molecule has 0 unspecified atom stereocenters. The summed E-state index contributed by atoms with van der Waals surface area (Å²) in [5.41, 5.74) is 12.0. The number of rotatable bonds is 7. The first kappa shape index (κ1) is 25.0. The van der Waals surface area contributed by atoms with Gasteiger partial charge in [0.1, 0.15) is 0 Å². The Hall–Kier alpha value is -4.30. The summed E-state index contributed by atoms with van der Waals surface area (Å²) in [6.45, 7) is 17.2. The minimum atomic E-state index is -0.201. The SMILES string of the molecule is C=Cc1[nH]c2cc3c(/C=C\C=C\C4(C(C)(C)CC)c5ccccc5-c5ccccc54)c(C)[nH]c3cc2c1C=C. The number of benzene rings is 3. The molecule has 0 radical (unpaired) electrons. The Bertz CT molecular complexity index is 1770. The fourth-order valence-corrected chi connectivity index (χ4v) is 6.71. The van der Waals surface area contributed by atoms with Crippen LogP contribution in [-0.2, 0) is 5.41 Å². The zero-order valence-electron chi connectivity index (χ0n) is 23.4.